The van der Waals surface area contributed by atoms with Gasteiger partial charge in [-0.3, -0.25) is 9.32 Å². The minimum atomic E-state index is -4.57. The van der Waals surface area contributed by atoms with Crippen LogP contribution < -0.4 is 5.32 Å². The summed E-state index contributed by atoms with van der Waals surface area (Å²) in [6.07, 6.45) is 4.51. The van der Waals surface area contributed by atoms with E-state index >= 15 is 0 Å². The summed E-state index contributed by atoms with van der Waals surface area (Å²) in [5.74, 6) is -0.174. The lowest BCUT2D eigenvalue weighted by atomic mass is 10.1. The molecular formula is C11H24NO6P. The Morgan fingerprint density at radius 1 is 1.26 bits per heavy atom. The molecule has 0 aromatic rings. The molecule has 7 nitrogen and oxygen atoms in total. The smallest absolute Gasteiger partial charge is 0.389 e. The van der Waals surface area contributed by atoms with Gasteiger partial charge in [0.15, 0.2) is 0 Å². The van der Waals surface area contributed by atoms with Gasteiger partial charge in [-0.1, -0.05) is 32.6 Å². The molecule has 4 N–H and O–H groups in total. The number of unbranched alkanes of at least 4 members (excludes halogenated alkanes) is 4. The van der Waals surface area contributed by atoms with Gasteiger partial charge in [-0.25, -0.2) is 4.57 Å². The monoisotopic (exact) mass is 297 g/mol. The molecule has 0 rings (SSSR count). The third kappa shape index (κ3) is 13.8. The number of nitrogens with one attached hydrogen (secondary N) is 1. The Kier molecular flexibility index (Phi) is 10.1. The maximum atomic E-state index is 11.4. The fourth-order valence-corrected chi connectivity index (χ4v) is 1.82. The summed E-state index contributed by atoms with van der Waals surface area (Å²) in [5.41, 5.74) is 0. The molecule has 0 radical (unpaired) electrons. The summed E-state index contributed by atoms with van der Waals surface area (Å²) in [6.45, 7) is 1.53. The minimum Gasteiger partial charge on any atom is -0.389 e. The molecule has 1 atom stereocenters. The largest absolute Gasteiger partial charge is 0.469 e. The lowest BCUT2D eigenvalue weighted by Crippen LogP contribution is -2.34. The lowest BCUT2D eigenvalue weighted by molar-refractivity contribution is -0.121. The van der Waals surface area contributed by atoms with E-state index in [9.17, 15) is 14.5 Å². The Morgan fingerprint density at radius 3 is 2.47 bits per heavy atom. The number of carbonyl (C=O) groups excluding carboxylic acids is 1. The molecular weight excluding hydrogens is 273 g/mol. The van der Waals surface area contributed by atoms with E-state index in [0.29, 0.717) is 6.42 Å². The molecule has 114 valence electrons. The highest BCUT2D eigenvalue weighted by Crippen LogP contribution is 2.35. The number of aliphatic hydroxyl groups is 1. The molecule has 0 aliphatic carbocycles. The van der Waals surface area contributed by atoms with E-state index in [4.69, 9.17) is 9.79 Å². The Balaban J connectivity index is 3.53. The first-order chi connectivity index (χ1) is 8.85. The zero-order valence-corrected chi connectivity index (χ0v) is 12.1. The van der Waals surface area contributed by atoms with Gasteiger partial charge in [0.05, 0.1) is 12.7 Å². The van der Waals surface area contributed by atoms with Gasteiger partial charge in [0.1, 0.15) is 0 Å². The van der Waals surface area contributed by atoms with Crippen molar-refractivity contribution < 1.29 is 28.8 Å². The van der Waals surface area contributed by atoms with Crippen LogP contribution in [0.2, 0.25) is 0 Å². The van der Waals surface area contributed by atoms with Gasteiger partial charge in [0.25, 0.3) is 0 Å². The van der Waals surface area contributed by atoms with Crippen LogP contribution in [0.15, 0.2) is 0 Å². The summed E-state index contributed by atoms with van der Waals surface area (Å²) in [4.78, 5) is 28.2. The molecule has 0 aromatic heterocycles. The fraction of sp³-hybridized carbons (Fsp3) is 0.909. The maximum Gasteiger partial charge on any atom is 0.469 e. The number of rotatable bonds is 11. The zero-order valence-electron chi connectivity index (χ0n) is 11.2. The van der Waals surface area contributed by atoms with Crippen LogP contribution in [0.3, 0.4) is 0 Å². The molecule has 0 fully saturated rings. The van der Waals surface area contributed by atoms with Gasteiger partial charge >= 0.3 is 7.82 Å². The molecule has 0 aromatic carbocycles. The number of phosphoric acid groups is 1. The highest BCUT2D eigenvalue weighted by Gasteiger charge is 2.17. The summed E-state index contributed by atoms with van der Waals surface area (Å²) >= 11 is 0. The van der Waals surface area contributed by atoms with Gasteiger partial charge < -0.3 is 20.2 Å². The Hall–Kier alpha value is -0.460. The second-order valence-electron chi connectivity index (χ2n) is 4.41. The van der Waals surface area contributed by atoms with Crippen LogP contribution in [0.25, 0.3) is 0 Å². The van der Waals surface area contributed by atoms with E-state index in [1.54, 1.807) is 0 Å². The van der Waals surface area contributed by atoms with Crippen molar-refractivity contribution in [3.05, 3.63) is 0 Å². The van der Waals surface area contributed by atoms with E-state index < -0.39 is 20.5 Å². The van der Waals surface area contributed by atoms with Crippen molar-refractivity contribution in [1.82, 2.24) is 5.32 Å². The Bertz CT molecular complexity index is 293. The third-order valence-corrected chi connectivity index (χ3v) is 2.96. The number of amides is 1. The SMILES string of the molecule is CCCCCCCC(=O)NCC(O)COP(=O)(O)O. The van der Waals surface area contributed by atoms with Gasteiger partial charge in [0, 0.05) is 13.0 Å². The lowest BCUT2D eigenvalue weighted by Gasteiger charge is -2.12. The first-order valence-corrected chi connectivity index (χ1v) is 8.03. The molecule has 8 heteroatoms. The fourth-order valence-electron chi connectivity index (χ4n) is 1.45. The number of hydrogen-bond acceptors (Lipinski definition) is 4. The molecule has 0 bridgehead atoms. The van der Waals surface area contributed by atoms with E-state index in [0.717, 1.165) is 25.7 Å². The van der Waals surface area contributed by atoms with E-state index in [1.165, 1.54) is 6.42 Å². The van der Waals surface area contributed by atoms with Crippen molar-refractivity contribution >= 4 is 13.7 Å². The molecule has 0 saturated carbocycles. The predicted octanol–water partition coefficient (Wildman–Crippen LogP) is 0.933. The van der Waals surface area contributed by atoms with Gasteiger partial charge in [-0.05, 0) is 6.42 Å². The standard InChI is InChI=1S/C11H24NO6P/c1-2-3-4-5-6-7-11(14)12-8-10(13)9-18-19(15,16)17/h10,13H,2-9H2,1H3,(H,12,14)(H2,15,16,17). The average molecular weight is 297 g/mol. The summed E-state index contributed by atoms with van der Waals surface area (Å²) in [6, 6.07) is 0. The third-order valence-electron chi connectivity index (χ3n) is 2.48. The predicted molar refractivity (Wildman–Crippen MR) is 70.4 cm³/mol. The molecule has 1 unspecified atom stereocenters. The van der Waals surface area contributed by atoms with Crippen LogP contribution in [-0.2, 0) is 13.9 Å². The second-order valence-corrected chi connectivity index (χ2v) is 5.65. The van der Waals surface area contributed by atoms with Crippen molar-refractivity contribution in [2.24, 2.45) is 0 Å². The normalized spacial score (nSPS) is 13.3. The minimum absolute atomic E-state index is 0.0756. The van der Waals surface area contributed by atoms with Crippen LogP contribution in [-0.4, -0.2) is 40.1 Å². The van der Waals surface area contributed by atoms with Crippen LogP contribution in [0, 0.1) is 0 Å². The van der Waals surface area contributed by atoms with Gasteiger partial charge in [-0.15, -0.1) is 0 Å². The van der Waals surface area contributed by atoms with E-state index in [-0.39, 0.29) is 12.5 Å². The van der Waals surface area contributed by atoms with Crippen molar-refractivity contribution in [3.8, 4) is 0 Å². The second kappa shape index (κ2) is 10.3. The quantitative estimate of drug-likeness (QED) is 0.333. The summed E-state index contributed by atoms with van der Waals surface area (Å²) in [5, 5.41) is 11.8. The maximum absolute atomic E-state index is 11.4. The number of aliphatic hydroxyl groups excluding tert-OH is 1. The summed E-state index contributed by atoms with van der Waals surface area (Å²) < 4.78 is 14.5. The van der Waals surface area contributed by atoms with Crippen molar-refractivity contribution in [1.29, 1.82) is 0 Å². The van der Waals surface area contributed by atoms with Crippen LogP contribution in [0.1, 0.15) is 45.4 Å². The van der Waals surface area contributed by atoms with Crippen molar-refractivity contribution in [2.75, 3.05) is 13.2 Å². The molecule has 0 aliphatic heterocycles. The highest BCUT2D eigenvalue weighted by molar-refractivity contribution is 7.46. The molecule has 0 saturated heterocycles. The van der Waals surface area contributed by atoms with Crippen molar-refractivity contribution in [3.63, 3.8) is 0 Å². The number of phosphoric ester groups is 1. The highest BCUT2D eigenvalue weighted by atomic mass is 31.2. The Labute approximate surface area is 113 Å². The number of hydrogen-bond donors (Lipinski definition) is 4. The van der Waals surface area contributed by atoms with Gasteiger partial charge in [0.2, 0.25) is 5.91 Å². The first kappa shape index (κ1) is 18.5. The molecule has 0 heterocycles. The first-order valence-electron chi connectivity index (χ1n) is 6.50. The summed E-state index contributed by atoms with van der Waals surface area (Å²) in [7, 11) is -4.57. The van der Waals surface area contributed by atoms with E-state index in [1.807, 2.05) is 0 Å². The van der Waals surface area contributed by atoms with E-state index in [2.05, 4.69) is 16.8 Å². The van der Waals surface area contributed by atoms with Crippen molar-refractivity contribution in [2.45, 2.75) is 51.6 Å². The topological polar surface area (TPSA) is 116 Å². The molecule has 0 spiro atoms. The number of carbonyl (C=O) groups is 1. The zero-order chi connectivity index (χ0) is 14.7. The average Bonchev–Trinajstić information content (AvgIpc) is 2.32. The van der Waals surface area contributed by atoms with Crippen LogP contribution in [0.4, 0.5) is 0 Å². The molecule has 19 heavy (non-hydrogen) atoms. The Morgan fingerprint density at radius 2 is 1.89 bits per heavy atom. The van der Waals surface area contributed by atoms with Crippen LogP contribution >= 0.6 is 7.82 Å². The van der Waals surface area contributed by atoms with Crippen LogP contribution in [0.5, 0.6) is 0 Å². The molecule has 0 aliphatic rings. The van der Waals surface area contributed by atoms with Gasteiger partial charge in [-0.2, -0.15) is 0 Å². The molecule has 1 amide bonds.